The van der Waals surface area contributed by atoms with Crippen molar-refractivity contribution in [3.8, 4) is 0 Å². The van der Waals surface area contributed by atoms with Crippen LogP contribution in [0.15, 0.2) is 6.33 Å². The Labute approximate surface area is 145 Å². The van der Waals surface area contributed by atoms with E-state index in [1.165, 1.54) is 55.8 Å². The number of anilines is 1. The Hall–Kier alpha value is -0.380. The Morgan fingerprint density at radius 2 is 2.00 bits per heavy atom. The summed E-state index contributed by atoms with van der Waals surface area (Å²) in [5.74, 6) is 2.26. The van der Waals surface area contributed by atoms with Crippen LogP contribution in [0, 0.1) is 0 Å². The normalized spacial score (nSPS) is 29.7. The highest BCUT2D eigenvalue weighted by atomic mass is 32.2. The van der Waals surface area contributed by atoms with Crippen molar-refractivity contribution in [3.05, 3.63) is 17.6 Å². The van der Waals surface area contributed by atoms with E-state index in [1.807, 2.05) is 11.8 Å². The lowest BCUT2D eigenvalue weighted by molar-refractivity contribution is 0.364. The molecular weight excluding hydrogens is 323 g/mol. The second-order valence-electron chi connectivity index (χ2n) is 7.11. The van der Waals surface area contributed by atoms with Crippen LogP contribution < -0.4 is 4.90 Å². The van der Waals surface area contributed by atoms with E-state index in [0.717, 1.165) is 26.7 Å². The van der Waals surface area contributed by atoms with Crippen molar-refractivity contribution in [2.24, 2.45) is 0 Å². The topological polar surface area (TPSA) is 32.3 Å². The van der Waals surface area contributed by atoms with Gasteiger partial charge in [-0.15, -0.1) is 11.8 Å². The van der Waals surface area contributed by atoms with Crippen LogP contribution in [0.2, 0.25) is 0 Å². The summed E-state index contributed by atoms with van der Waals surface area (Å²) in [5, 5.41) is 0.534. The van der Waals surface area contributed by atoms with Gasteiger partial charge in [-0.1, -0.05) is 12.8 Å². The van der Waals surface area contributed by atoms with Crippen LogP contribution >= 0.6 is 20.5 Å². The molecule has 6 heteroatoms. The summed E-state index contributed by atoms with van der Waals surface area (Å²) in [7, 11) is 1.04. The lowest BCUT2D eigenvalue weighted by Crippen LogP contribution is -2.50. The van der Waals surface area contributed by atoms with E-state index in [9.17, 15) is 0 Å². The van der Waals surface area contributed by atoms with Crippen LogP contribution in [0.3, 0.4) is 0 Å². The lowest BCUT2D eigenvalue weighted by atomic mass is 10.1. The van der Waals surface area contributed by atoms with Crippen molar-refractivity contribution in [1.29, 1.82) is 0 Å². The van der Waals surface area contributed by atoms with Crippen molar-refractivity contribution < 1.29 is 0 Å². The van der Waals surface area contributed by atoms with Crippen LogP contribution in [-0.4, -0.2) is 46.0 Å². The molecule has 1 saturated heterocycles. The largest absolute Gasteiger partial charge is 0.351 e. The third-order valence-corrected chi connectivity index (χ3v) is 8.33. The van der Waals surface area contributed by atoms with E-state index < -0.39 is 0 Å². The molecular formula is C17H27N4PS. The fourth-order valence-corrected chi connectivity index (χ4v) is 7.00. The number of fused-ring (bicyclic) bond motifs is 1. The Bertz CT molecular complexity index is 564. The number of hydrogen-bond donors (Lipinski definition) is 0. The molecule has 0 amide bonds. The van der Waals surface area contributed by atoms with Gasteiger partial charge in [0.25, 0.3) is 0 Å². The number of piperazine rings is 1. The van der Waals surface area contributed by atoms with Gasteiger partial charge in [0.1, 0.15) is 12.1 Å². The van der Waals surface area contributed by atoms with Gasteiger partial charge >= 0.3 is 0 Å². The van der Waals surface area contributed by atoms with Crippen molar-refractivity contribution in [2.75, 3.05) is 24.5 Å². The van der Waals surface area contributed by atoms with E-state index >= 15 is 0 Å². The lowest BCUT2D eigenvalue weighted by Gasteiger charge is -2.42. The average molecular weight is 350 g/mol. The average Bonchev–Trinajstić information content (AvgIpc) is 3.18. The van der Waals surface area contributed by atoms with Gasteiger partial charge in [-0.2, -0.15) is 0 Å². The molecule has 23 heavy (non-hydrogen) atoms. The Balaban J connectivity index is 1.46. The number of rotatable bonds is 3. The third-order valence-electron chi connectivity index (χ3n) is 5.44. The van der Waals surface area contributed by atoms with Crippen molar-refractivity contribution in [3.63, 3.8) is 0 Å². The molecule has 0 bridgehead atoms. The second-order valence-corrected chi connectivity index (χ2v) is 10.1. The predicted molar refractivity (Wildman–Crippen MR) is 101 cm³/mol. The van der Waals surface area contributed by atoms with Gasteiger partial charge in [-0.3, -0.25) is 4.67 Å². The molecule has 3 atom stereocenters. The molecule has 0 N–H and O–H groups in total. The molecule has 4 nitrogen and oxygen atoms in total. The molecule has 0 aromatic carbocycles. The molecule has 1 aromatic heterocycles. The highest BCUT2D eigenvalue weighted by molar-refractivity contribution is 7.99. The first-order valence-corrected chi connectivity index (χ1v) is 11.0. The van der Waals surface area contributed by atoms with E-state index in [-0.39, 0.29) is 0 Å². The van der Waals surface area contributed by atoms with E-state index in [1.54, 1.807) is 6.33 Å². The van der Waals surface area contributed by atoms with Gasteiger partial charge in [-0.05, 0) is 41.1 Å². The summed E-state index contributed by atoms with van der Waals surface area (Å²) in [6, 6.07) is 0.550. The van der Waals surface area contributed by atoms with Crippen LogP contribution in [0.1, 0.15) is 56.0 Å². The molecule has 1 aromatic rings. The van der Waals surface area contributed by atoms with E-state index in [4.69, 9.17) is 0 Å². The molecule has 2 unspecified atom stereocenters. The second kappa shape index (κ2) is 6.85. The van der Waals surface area contributed by atoms with Gasteiger partial charge in [0.05, 0.1) is 5.69 Å². The van der Waals surface area contributed by atoms with Gasteiger partial charge in [0.2, 0.25) is 0 Å². The monoisotopic (exact) mass is 350 g/mol. The van der Waals surface area contributed by atoms with Crippen LogP contribution in [0.5, 0.6) is 0 Å². The number of hydrogen-bond acceptors (Lipinski definition) is 5. The maximum atomic E-state index is 4.69. The first-order valence-electron chi connectivity index (χ1n) is 8.95. The summed E-state index contributed by atoms with van der Waals surface area (Å²) >= 11 is 1.99. The fraction of sp³-hybridized carbons (Fsp3) is 0.765. The van der Waals surface area contributed by atoms with Gasteiger partial charge in [-0.25, -0.2) is 9.97 Å². The van der Waals surface area contributed by atoms with Crippen molar-refractivity contribution in [1.82, 2.24) is 14.6 Å². The number of thioether (sulfide) groups is 1. The maximum Gasteiger partial charge on any atom is 0.136 e. The quantitative estimate of drug-likeness (QED) is 0.774. The zero-order valence-electron chi connectivity index (χ0n) is 14.2. The SMILES string of the molecule is CC1SCc2ncnc(N3CCN(PC4CCCC4)C[C@@H]3C)c21. The van der Waals surface area contributed by atoms with E-state index in [0.29, 0.717) is 11.3 Å². The predicted octanol–water partition coefficient (Wildman–Crippen LogP) is 3.83. The Kier molecular flexibility index (Phi) is 4.80. The third kappa shape index (κ3) is 3.25. The molecule has 2 fully saturated rings. The smallest absolute Gasteiger partial charge is 0.136 e. The van der Waals surface area contributed by atoms with Crippen molar-refractivity contribution in [2.45, 2.75) is 62.2 Å². The Morgan fingerprint density at radius 1 is 1.17 bits per heavy atom. The molecule has 3 aliphatic rings. The summed E-state index contributed by atoms with van der Waals surface area (Å²) in [5.41, 5.74) is 3.64. The molecule has 126 valence electrons. The minimum absolute atomic E-state index is 0.534. The summed E-state index contributed by atoms with van der Waals surface area (Å²) in [4.78, 5) is 11.7. The molecule has 3 heterocycles. The first-order chi connectivity index (χ1) is 11.2. The van der Waals surface area contributed by atoms with Gasteiger partial charge < -0.3 is 4.90 Å². The maximum absolute atomic E-state index is 4.69. The minimum Gasteiger partial charge on any atom is -0.351 e. The summed E-state index contributed by atoms with van der Waals surface area (Å²) in [6.07, 6.45) is 7.60. The fourth-order valence-electron chi connectivity index (χ4n) is 4.17. The van der Waals surface area contributed by atoms with Crippen LogP contribution in [0.25, 0.3) is 0 Å². The molecule has 2 aliphatic heterocycles. The molecule has 1 aliphatic carbocycles. The first kappa shape index (κ1) is 16.1. The Morgan fingerprint density at radius 3 is 2.78 bits per heavy atom. The molecule has 0 spiro atoms. The molecule has 4 rings (SSSR count). The zero-order chi connectivity index (χ0) is 15.8. The van der Waals surface area contributed by atoms with Crippen LogP contribution in [-0.2, 0) is 5.75 Å². The minimum atomic E-state index is 0.534. The van der Waals surface area contributed by atoms with Crippen molar-refractivity contribution >= 4 is 26.3 Å². The molecule has 0 radical (unpaired) electrons. The number of nitrogens with zero attached hydrogens (tertiary/aromatic N) is 4. The summed E-state index contributed by atoms with van der Waals surface area (Å²) < 4.78 is 2.72. The van der Waals surface area contributed by atoms with Crippen LogP contribution in [0.4, 0.5) is 5.82 Å². The number of aromatic nitrogens is 2. The highest BCUT2D eigenvalue weighted by Crippen LogP contribution is 2.45. The molecule has 1 saturated carbocycles. The standard InChI is InChI=1S/C17H27N4PS/c1-12-9-20(22-14-5-3-4-6-14)7-8-21(12)17-16-13(2)23-10-15(16)18-11-19-17/h11-14,22H,3-10H2,1-2H3/t12-,13?/m0/s1. The highest BCUT2D eigenvalue weighted by Gasteiger charge is 2.32. The zero-order valence-corrected chi connectivity index (χ0v) is 16.0. The summed E-state index contributed by atoms with van der Waals surface area (Å²) in [6.45, 7) is 8.16. The van der Waals surface area contributed by atoms with E-state index in [2.05, 4.69) is 33.4 Å². The van der Waals surface area contributed by atoms with Gasteiger partial charge in [0, 0.05) is 42.2 Å². The van der Waals surface area contributed by atoms with Gasteiger partial charge in [0.15, 0.2) is 0 Å².